The fourth-order valence-electron chi connectivity index (χ4n) is 5.37. The zero-order valence-corrected chi connectivity index (χ0v) is 28.1. The molecular formula is C31H39Cl2N7O6. The lowest BCUT2D eigenvalue weighted by Crippen LogP contribution is -2.59. The minimum absolute atomic E-state index is 0. The topological polar surface area (TPSA) is 156 Å². The molecule has 3 amide bonds. The van der Waals surface area contributed by atoms with Crippen LogP contribution in [0.3, 0.4) is 0 Å². The first-order valence-corrected chi connectivity index (χ1v) is 15.1. The lowest BCUT2D eigenvalue weighted by molar-refractivity contribution is -0.143. The number of benzene rings is 2. The van der Waals surface area contributed by atoms with Gasteiger partial charge in [-0.25, -0.2) is 9.97 Å². The number of aromatic nitrogens is 2. The second-order valence-corrected chi connectivity index (χ2v) is 12.5. The second kappa shape index (κ2) is 14.1. The summed E-state index contributed by atoms with van der Waals surface area (Å²) in [6.45, 7) is 7.84. The number of halogens is 2. The van der Waals surface area contributed by atoms with Gasteiger partial charge in [-0.3, -0.25) is 14.4 Å². The third kappa shape index (κ3) is 7.01. The van der Waals surface area contributed by atoms with Crippen LogP contribution in [0.4, 0.5) is 17.2 Å². The van der Waals surface area contributed by atoms with Gasteiger partial charge >= 0.3 is 0 Å². The Labute approximate surface area is 278 Å². The molecule has 1 fully saturated rings. The summed E-state index contributed by atoms with van der Waals surface area (Å²) in [7, 11) is 3.17. The van der Waals surface area contributed by atoms with Gasteiger partial charge in [0.05, 0.1) is 29.4 Å². The molecule has 0 radical (unpaired) electrons. The van der Waals surface area contributed by atoms with Crippen LogP contribution in [0.1, 0.15) is 40.5 Å². The minimum Gasteiger partial charge on any atom is -0.494 e. The van der Waals surface area contributed by atoms with Gasteiger partial charge in [0.2, 0.25) is 24.5 Å². The number of methoxy groups -OCH3 is 1. The molecule has 248 valence electrons. The Bertz CT molecular complexity index is 1630. The molecule has 15 heteroatoms. The maximum absolute atomic E-state index is 13.9. The molecule has 1 unspecified atom stereocenters. The number of ether oxygens (including phenoxy) is 3. The molecule has 0 saturated carbocycles. The molecule has 4 N–H and O–H groups in total. The van der Waals surface area contributed by atoms with E-state index < -0.39 is 23.5 Å². The van der Waals surface area contributed by atoms with Gasteiger partial charge < -0.3 is 40.4 Å². The molecule has 3 heterocycles. The quantitative estimate of drug-likeness (QED) is 0.259. The molecule has 2 aromatic carbocycles. The van der Waals surface area contributed by atoms with E-state index in [4.69, 9.17) is 25.8 Å². The van der Waals surface area contributed by atoms with E-state index in [1.807, 2.05) is 20.8 Å². The van der Waals surface area contributed by atoms with Gasteiger partial charge in [0, 0.05) is 18.0 Å². The van der Waals surface area contributed by atoms with E-state index in [1.165, 1.54) is 13.4 Å². The van der Waals surface area contributed by atoms with Crippen molar-refractivity contribution in [2.24, 2.45) is 5.41 Å². The predicted octanol–water partition coefficient (Wildman–Crippen LogP) is 4.25. The van der Waals surface area contributed by atoms with Gasteiger partial charge in [0.1, 0.15) is 35.7 Å². The van der Waals surface area contributed by atoms with Crippen molar-refractivity contribution in [2.75, 3.05) is 38.1 Å². The number of nitrogens with one attached hydrogen (secondary N) is 4. The van der Waals surface area contributed by atoms with Crippen molar-refractivity contribution in [1.29, 1.82) is 0 Å². The van der Waals surface area contributed by atoms with Crippen molar-refractivity contribution in [1.82, 2.24) is 25.5 Å². The number of carbonyl (C=O) groups excluding carboxylic acids is 3. The number of nitrogens with zero attached hydrogens (tertiary/aromatic N) is 3. The van der Waals surface area contributed by atoms with Crippen LogP contribution in [-0.2, 0) is 14.4 Å². The van der Waals surface area contributed by atoms with Gasteiger partial charge in [-0.2, -0.15) is 0 Å². The fraction of sp³-hybridized carbons (Fsp3) is 0.452. The lowest BCUT2D eigenvalue weighted by Gasteiger charge is -2.36. The molecule has 5 rings (SSSR count). The van der Waals surface area contributed by atoms with Gasteiger partial charge in [-0.1, -0.05) is 32.4 Å². The highest BCUT2D eigenvalue weighted by Crippen LogP contribution is 2.45. The summed E-state index contributed by atoms with van der Waals surface area (Å²) in [6.07, 6.45) is 2.52. The second-order valence-electron chi connectivity index (χ2n) is 12.1. The number of anilines is 3. The average molecular weight is 677 g/mol. The van der Waals surface area contributed by atoms with E-state index in [2.05, 4.69) is 31.2 Å². The van der Waals surface area contributed by atoms with Crippen molar-refractivity contribution in [3.05, 3.63) is 35.6 Å². The molecule has 3 aromatic rings. The molecule has 0 bridgehead atoms. The number of hydrogen-bond donors (Lipinski definition) is 4. The molecule has 2 aliphatic rings. The first kappa shape index (κ1) is 34.8. The Morgan fingerprint density at radius 1 is 1.15 bits per heavy atom. The van der Waals surface area contributed by atoms with E-state index in [1.54, 1.807) is 43.1 Å². The van der Waals surface area contributed by atoms with E-state index in [-0.39, 0.29) is 36.9 Å². The molecule has 46 heavy (non-hydrogen) atoms. The summed E-state index contributed by atoms with van der Waals surface area (Å²) in [5.41, 5.74) is 0.825. The largest absolute Gasteiger partial charge is 0.494 e. The van der Waals surface area contributed by atoms with Crippen molar-refractivity contribution >= 4 is 69.8 Å². The summed E-state index contributed by atoms with van der Waals surface area (Å²) < 4.78 is 16.7. The zero-order chi connectivity index (χ0) is 32.5. The number of fused-ring (bicyclic) bond motifs is 2. The number of likely N-dealkylation sites (tertiary alicyclic amines) is 1. The Hall–Kier alpha value is -4.07. The normalized spacial score (nSPS) is 16.8. The zero-order valence-electron chi connectivity index (χ0n) is 26.5. The summed E-state index contributed by atoms with van der Waals surface area (Å²) in [5, 5.41) is 13.0. The Balaban J connectivity index is 0.00000480. The third-order valence-electron chi connectivity index (χ3n) is 8.01. The van der Waals surface area contributed by atoms with E-state index in [9.17, 15) is 14.4 Å². The Kier molecular flexibility index (Phi) is 10.7. The molecule has 13 nitrogen and oxygen atoms in total. The highest BCUT2D eigenvalue weighted by Gasteiger charge is 2.42. The SMILES string of the molecule is CN[C@@H](C)C(=O)N[C@H](C(=O)N1CCCC1C(=O)Nc1cc2c(Nc3c(Cl)ccc4c3OCO4)ncnc2cc1OC)C(C)(C)C.Cl. The van der Waals surface area contributed by atoms with Crippen molar-refractivity contribution in [3.63, 3.8) is 0 Å². The molecule has 0 spiro atoms. The Morgan fingerprint density at radius 2 is 1.91 bits per heavy atom. The molecule has 1 aromatic heterocycles. The van der Waals surface area contributed by atoms with Crippen LogP contribution in [-0.4, -0.2) is 78.2 Å². The maximum Gasteiger partial charge on any atom is 0.247 e. The summed E-state index contributed by atoms with van der Waals surface area (Å²) in [4.78, 5) is 50.7. The maximum atomic E-state index is 13.9. The Morgan fingerprint density at radius 3 is 2.61 bits per heavy atom. The van der Waals surface area contributed by atoms with Crippen molar-refractivity contribution in [3.8, 4) is 17.2 Å². The number of carbonyl (C=O) groups is 3. The lowest BCUT2D eigenvalue weighted by atomic mass is 9.85. The van der Waals surface area contributed by atoms with Crippen LogP contribution >= 0.6 is 24.0 Å². The highest BCUT2D eigenvalue weighted by molar-refractivity contribution is 6.34. The summed E-state index contributed by atoms with van der Waals surface area (Å²) in [5.74, 6) is 0.846. The van der Waals surface area contributed by atoms with Crippen molar-refractivity contribution < 1.29 is 28.6 Å². The van der Waals surface area contributed by atoms with E-state index in [0.717, 1.165) is 0 Å². The fourth-order valence-corrected chi connectivity index (χ4v) is 5.56. The van der Waals surface area contributed by atoms with Crippen molar-refractivity contribution in [2.45, 2.75) is 58.7 Å². The minimum atomic E-state index is -0.823. The molecular weight excluding hydrogens is 637 g/mol. The van der Waals surface area contributed by atoms with Gasteiger partial charge in [0.25, 0.3) is 0 Å². The van der Waals surface area contributed by atoms with Gasteiger partial charge in [-0.15, -0.1) is 12.4 Å². The molecule has 2 aliphatic heterocycles. The van der Waals surface area contributed by atoms with Gasteiger partial charge in [-0.05, 0) is 50.4 Å². The van der Waals surface area contributed by atoms with Crippen LogP contribution in [0.15, 0.2) is 30.6 Å². The molecule has 0 aliphatic carbocycles. The van der Waals surface area contributed by atoms with Crippen LogP contribution in [0.25, 0.3) is 10.9 Å². The molecule has 1 saturated heterocycles. The standard InChI is InChI=1S/C31H38ClN7O6.ClH/c1-16(33-5)28(40)38-26(31(2,3)4)30(42)39-11-7-8-21(39)29(41)36-20-12-17-19(13-23(20)43-6)34-14-35-27(17)37-24-18(32)9-10-22-25(24)45-15-44-22;/h9-10,12-14,16,21,26,33H,7-8,11,15H2,1-6H3,(H,36,41)(H,38,40)(H,34,35,37);1H/t16-,21?,26+;/m0./s1. The van der Waals surface area contributed by atoms with E-state index in [0.29, 0.717) is 69.8 Å². The van der Waals surface area contributed by atoms with Crippen LogP contribution in [0.5, 0.6) is 17.2 Å². The summed E-state index contributed by atoms with van der Waals surface area (Å²) in [6, 6.07) is 4.78. The molecule has 3 atom stereocenters. The monoisotopic (exact) mass is 675 g/mol. The average Bonchev–Trinajstić information content (AvgIpc) is 3.70. The highest BCUT2D eigenvalue weighted by atomic mass is 35.5. The van der Waals surface area contributed by atoms with Crippen LogP contribution < -0.4 is 35.5 Å². The predicted molar refractivity (Wildman–Crippen MR) is 177 cm³/mol. The number of rotatable bonds is 9. The van der Waals surface area contributed by atoms with Crippen LogP contribution in [0.2, 0.25) is 5.02 Å². The number of hydrogen-bond acceptors (Lipinski definition) is 10. The summed E-state index contributed by atoms with van der Waals surface area (Å²) >= 11 is 6.49. The first-order chi connectivity index (χ1) is 21.4. The van der Waals surface area contributed by atoms with E-state index >= 15 is 0 Å². The number of likely N-dealkylation sites (N-methyl/N-ethyl adjacent to an activating group) is 1. The third-order valence-corrected chi connectivity index (χ3v) is 8.33. The number of amides is 3. The van der Waals surface area contributed by atoms with Gasteiger partial charge in [0.15, 0.2) is 11.5 Å². The smallest absolute Gasteiger partial charge is 0.247 e. The first-order valence-electron chi connectivity index (χ1n) is 14.7. The van der Waals surface area contributed by atoms with Crippen LogP contribution in [0, 0.1) is 5.41 Å².